The lowest BCUT2D eigenvalue weighted by molar-refractivity contribution is -0.124. The zero-order valence-electron chi connectivity index (χ0n) is 15.8. The van der Waals surface area contributed by atoms with Gasteiger partial charge in [-0.15, -0.1) is 0 Å². The Morgan fingerprint density at radius 1 is 1.14 bits per heavy atom. The molecule has 5 nitrogen and oxygen atoms in total. The van der Waals surface area contributed by atoms with Crippen molar-refractivity contribution in [2.75, 3.05) is 13.1 Å². The van der Waals surface area contributed by atoms with Gasteiger partial charge in [-0.3, -0.25) is 9.78 Å². The lowest BCUT2D eigenvalue weighted by Gasteiger charge is -2.30. The topological polar surface area (TPSA) is 63.2 Å². The summed E-state index contributed by atoms with van der Waals surface area (Å²) in [7, 11) is 0. The molecular weight excluding hydrogens is 350 g/mol. The molecule has 1 aromatic heterocycles. The molecule has 0 radical (unpaired) electrons. The number of carbonyl (C=O) groups excluding carboxylic acids is 1. The number of nitrogens with one attached hydrogen (secondary N) is 2. The van der Waals surface area contributed by atoms with Crippen molar-refractivity contribution < 1.29 is 9.53 Å². The number of benzene rings is 2. The average Bonchev–Trinajstić information content (AvgIpc) is 2.74. The van der Waals surface area contributed by atoms with Gasteiger partial charge >= 0.3 is 0 Å². The molecule has 28 heavy (non-hydrogen) atoms. The van der Waals surface area contributed by atoms with Crippen molar-refractivity contribution in [1.82, 2.24) is 15.6 Å². The van der Waals surface area contributed by atoms with Crippen LogP contribution < -0.4 is 15.4 Å². The Bertz CT molecular complexity index is 929. The quantitative estimate of drug-likeness (QED) is 0.695. The number of piperidine rings is 1. The molecule has 1 saturated heterocycles. The predicted octanol–water partition coefficient (Wildman–Crippen LogP) is 3.09. The first kappa shape index (κ1) is 18.4. The van der Waals surface area contributed by atoms with E-state index in [1.54, 1.807) is 6.20 Å². The summed E-state index contributed by atoms with van der Waals surface area (Å²) in [6.45, 7) is 1.42. The van der Waals surface area contributed by atoms with E-state index in [1.165, 1.54) is 5.56 Å². The normalized spacial score (nSPS) is 19.3. The van der Waals surface area contributed by atoms with Crippen LogP contribution in [0.2, 0.25) is 0 Å². The van der Waals surface area contributed by atoms with Gasteiger partial charge in [0.1, 0.15) is 11.9 Å². The number of fused-ring (bicyclic) bond motifs is 1. The van der Waals surface area contributed by atoms with Gasteiger partial charge in [0.25, 0.3) is 0 Å². The van der Waals surface area contributed by atoms with Gasteiger partial charge in [0.15, 0.2) is 0 Å². The molecule has 2 aromatic carbocycles. The van der Waals surface area contributed by atoms with Gasteiger partial charge in [-0.25, -0.2) is 0 Å². The number of hydrogen-bond acceptors (Lipinski definition) is 4. The van der Waals surface area contributed by atoms with Crippen molar-refractivity contribution in [3.8, 4) is 5.75 Å². The van der Waals surface area contributed by atoms with E-state index < -0.39 is 0 Å². The highest BCUT2D eigenvalue weighted by molar-refractivity contribution is 5.83. The van der Waals surface area contributed by atoms with Gasteiger partial charge in [-0.2, -0.15) is 0 Å². The summed E-state index contributed by atoms with van der Waals surface area (Å²) in [6.07, 6.45) is 6.07. The smallest absolute Gasteiger partial charge is 0.237 e. The number of amides is 1. The second kappa shape index (κ2) is 8.85. The summed E-state index contributed by atoms with van der Waals surface area (Å²) in [6, 6.07) is 18.0. The van der Waals surface area contributed by atoms with E-state index in [0.29, 0.717) is 13.0 Å². The lowest BCUT2D eigenvalue weighted by atomic mass is 10.0. The molecule has 2 N–H and O–H groups in total. The highest BCUT2D eigenvalue weighted by atomic mass is 16.5. The maximum Gasteiger partial charge on any atom is 0.237 e. The van der Waals surface area contributed by atoms with Gasteiger partial charge in [0.2, 0.25) is 5.91 Å². The SMILES string of the molecule is O=C(NCCc1ccccc1)[C@H]1C[C@H](Oc2ccc3cnccc3c2)CCN1. The van der Waals surface area contributed by atoms with Gasteiger partial charge in [0.05, 0.1) is 6.04 Å². The summed E-state index contributed by atoms with van der Waals surface area (Å²) >= 11 is 0. The zero-order valence-corrected chi connectivity index (χ0v) is 15.8. The molecule has 0 aliphatic carbocycles. The molecule has 1 aliphatic heterocycles. The fourth-order valence-corrected chi connectivity index (χ4v) is 3.61. The fourth-order valence-electron chi connectivity index (χ4n) is 3.61. The van der Waals surface area contributed by atoms with Gasteiger partial charge in [-0.1, -0.05) is 30.3 Å². The summed E-state index contributed by atoms with van der Waals surface area (Å²) < 4.78 is 6.18. The number of rotatable bonds is 6. The van der Waals surface area contributed by atoms with Crippen LogP contribution in [0.5, 0.6) is 5.75 Å². The minimum Gasteiger partial charge on any atom is -0.490 e. The number of aromatic nitrogens is 1. The average molecular weight is 375 g/mol. The number of hydrogen-bond donors (Lipinski definition) is 2. The van der Waals surface area contributed by atoms with Crippen LogP contribution in [0.3, 0.4) is 0 Å². The molecule has 0 saturated carbocycles. The fraction of sp³-hybridized carbons (Fsp3) is 0.304. The van der Waals surface area contributed by atoms with Crippen LogP contribution in [-0.2, 0) is 11.2 Å². The second-order valence-corrected chi connectivity index (χ2v) is 7.18. The Morgan fingerprint density at radius 2 is 2.04 bits per heavy atom. The molecule has 1 amide bonds. The largest absolute Gasteiger partial charge is 0.490 e. The lowest BCUT2D eigenvalue weighted by Crippen LogP contribution is -2.51. The Balaban J connectivity index is 1.30. The maximum atomic E-state index is 12.5. The van der Waals surface area contributed by atoms with Gasteiger partial charge in [-0.05, 0) is 54.6 Å². The number of nitrogens with zero attached hydrogens (tertiary/aromatic N) is 1. The van der Waals surface area contributed by atoms with Crippen LogP contribution in [0.15, 0.2) is 67.0 Å². The predicted molar refractivity (Wildman–Crippen MR) is 110 cm³/mol. The Morgan fingerprint density at radius 3 is 2.93 bits per heavy atom. The van der Waals surface area contributed by atoms with E-state index in [9.17, 15) is 4.79 Å². The molecule has 1 aliphatic rings. The molecular formula is C23H25N3O2. The number of pyridine rings is 1. The first-order chi connectivity index (χ1) is 13.8. The third-order valence-corrected chi connectivity index (χ3v) is 5.14. The maximum absolute atomic E-state index is 12.5. The van der Waals surface area contributed by atoms with Crippen LogP contribution in [0.1, 0.15) is 18.4 Å². The Kier molecular flexibility index (Phi) is 5.83. The van der Waals surface area contributed by atoms with E-state index in [0.717, 1.165) is 35.9 Å². The molecule has 3 aromatic rings. The van der Waals surface area contributed by atoms with E-state index in [-0.39, 0.29) is 18.1 Å². The summed E-state index contributed by atoms with van der Waals surface area (Å²) in [5.41, 5.74) is 1.23. The third-order valence-electron chi connectivity index (χ3n) is 5.14. The van der Waals surface area contributed by atoms with Crippen LogP contribution in [-0.4, -0.2) is 36.1 Å². The highest BCUT2D eigenvalue weighted by Gasteiger charge is 2.27. The Hall–Kier alpha value is -2.92. The monoisotopic (exact) mass is 375 g/mol. The van der Waals surface area contributed by atoms with Gasteiger partial charge in [0, 0.05) is 30.7 Å². The molecule has 4 rings (SSSR count). The first-order valence-corrected chi connectivity index (χ1v) is 9.83. The standard InChI is InChI=1S/C23H25N3O2/c27-23(26-12-8-17-4-2-1-3-5-17)22-15-21(10-13-25-22)28-20-7-6-19-16-24-11-9-18(19)14-20/h1-7,9,11,14,16,21-22,25H,8,10,12-13,15H2,(H,26,27)/t21-,22-/m1/s1. The van der Waals surface area contributed by atoms with Crippen molar-refractivity contribution in [2.24, 2.45) is 0 Å². The van der Waals surface area contributed by atoms with Crippen molar-refractivity contribution in [3.63, 3.8) is 0 Å². The Labute approximate surface area is 165 Å². The van der Waals surface area contributed by atoms with Crippen molar-refractivity contribution in [2.45, 2.75) is 31.4 Å². The van der Waals surface area contributed by atoms with Crippen LogP contribution in [0.4, 0.5) is 0 Å². The van der Waals surface area contributed by atoms with E-state index in [1.807, 2.05) is 48.7 Å². The number of ether oxygens (including phenoxy) is 1. The van der Waals surface area contributed by atoms with Crippen LogP contribution >= 0.6 is 0 Å². The van der Waals surface area contributed by atoms with Crippen molar-refractivity contribution in [1.29, 1.82) is 0 Å². The molecule has 0 unspecified atom stereocenters. The highest BCUT2D eigenvalue weighted by Crippen LogP contribution is 2.23. The molecule has 0 bridgehead atoms. The second-order valence-electron chi connectivity index (χ2n) is 7.18. The minimum atomic E-state index is -0.209. The molecule has 1 fully saturated rings. The van der Waals surface area contributed by atoms with Crippen LogP contribution in [0, 0.1) is 0 Å². The molecule has 2 atom stereocenters. The molecule has 0 spiro atoms. The molecule has 5 heteroatoms. The molecule has 144 valence electrons. The summed E-state index contributed by atoms with van der Waals surface area (Å²) in [5, 5.41) is 8.56. The van der Waals surface area contributed by atoms with E-state index in [2.05, 4.69) is 27.8 Å². The van der Waals surface area contributed by atoms with Crippen molar-refractivity contribution in [3.05, 3.63) is 72.6 Å². The zero-order chi connectivity index (χ0) is 19.2. The number of carbonyl (C=O) groups is 1. The van der Waals surface area contributed by atoms with E-state index in [4.69, 9.17) is 4.74 Å². The minimum absolute atomic E-state index is 0.0328. The summed E-state index contributed by atoms with van der Waals surface area (Å²) in [4.78, 5) is 16.7. The van der Waals surface area contributed by atoms with Crippen molar-refractivity contribution >= 4 is 16.7 Å². The van der Waals surface area contributed by atoms with Gasteiger partial charge < -0.3 is 15.4 Å². The van der Waals surface area contributed by atoms with Crippen LogP contribution in [0.25, 0.3) is 10.8 Å². The van der Waals surface area contributed by atoms with E-state index >= 15 is 0 Å². The third kappa shape index (κ3) is 4.67. The molecule has 2 heterocycles. The summed E-state index contributed by atoms with van der Waals surface area (Å²) in [5.74, 6) is 0.891. The first-order valence-electron chi connectivity index (χ1n) is 9.83.